The molecule has 4 aliphatic carbocycles. The van der Waals surface area contributed by atoms with Gasteiger partial charge in [0.2, 0.25) is 5.91 Å². The summed E-state index contributed by atoms with van der Waals surface area (Å²) >= 11 is 0. The molecule has 5 aliphatic rings. The van der Waals surface area contributed by atoms with Crippen molar-refractivity contribution < 1.29 is 4.79 Å². The Kier molecular flexibility index (Phi) is 4.71. The lowest BCUT2D eigenvalue weighted by atomic mass is 9.49. The van der Waals surface area contributed by atoms with Crippen LogP contribution >= 0.6 is 0 Å². The van der Waals surface area contributed by atoms with E-state index in [4.69, 9.17) is 0 Å². The predicted octanol–water partition coefficient (Wildman–Crippen LogP) is 4.30. The average molecular weight is 420 g/mol. The topological polar surface area (TPSA) is 63.1 Å². The van der Waals surface area contributed by atoms with Crippen LogP contribution < -0.4 is 16.2 Å². The Balaban J connectivity index is 1.21. The Labute approximate surface area is 183 Å². The second-order valence-electron chi connectivity index (χ2n) is 11.0. The molecule has 1 aliphatic heterocycles. The number of hydrogen-bond donors (Lipinski definition) is 2. The fraction of sp³-hybridized carbons (Fsp3) is 0.615. The predicted molar refractivity (Wildman–Crippen MR) is 123 cm³/mol. The molecule has 164 valence electrons. The number of aromatic nitrogens is 1. The van der Waals surface area contributed by atoms with Crippen LogP contribution in [0.1, 0.15) is 57.8 Å². The van der Waals surface area contributed by atoms with Crippen molar-refractivity contribution in [3.63, 3.8) is 0 Å². The molecule has 7 rings (SSSR count). The summed E-state index contributed by atoms with van der Waals surface area (Å²) in [5.74, 6) is 2.67. The van der Waals surface area contributed by atoms with Crippen LogP contribution in [0.5, 0.6) is 0 Å². The number of benzene rings is 1. The average Bonchev–Trinajstić information content (AvgIpc) is 3.22. The highest BCUT2D eigenvalue weighted by molar-refractivity contribution is 6.02. The van der Waals surface area contributed by atoms with Gasteiger partial charge in [-0.05, 0) is 99.3 Å². The number of pyridine rings is 1. The Morgan fingerprint density at radius 1 is 1.06 bits per heavy atom. The Bertz CT molecular complexity index is 1030. The molecule has 2 aromatic rings. The molecule has 1 amide bonds. The highest BCUT2D eigenvalue weighted by Crippen LogP contribution is 2.61. The molecule has 1 aromatic carbocycles. The molecule has 1 atom stereocenters. The number of carbonyl (C=O) groups excluding carboxylic acids is 1. The fourth-order valence-corrected chi connectivity index (χ4v) is 7.76. The minimum absolute atomic E-state index is 0.0309. The maximum atomic E-state index is 13.1. The number of hydrogen-bond acceptors (Lipinski definition) is 3. The zero-order chi connectivity index (χ0) is 21.0. The lowest BCUT2D eigenvalue weighted by molar-refractivity contribution is -0.124. The first kappa shape index (κ1) is 19.5. The molecule has 1 saturated heterocycles. The molecule has 0 radical (unpaired) electrons. The number of amides is 1. The quantitative estimate of drug-likeness (QED) is 0.760. The van der Waals surface area contributed by atoms with Gasteiger partial charge >= 0.3 is 0 Å². The zero-order valence-electron chi connectivity index (χ0n) is 18.2. The first-order valence-electron chi connectivity index (χ1n) is 12.2. The standard InChI is InChI=1S/C26H33N3O2/c30-24(15-26-12-17-9-18(13-26)11-19(10-17)14-26)28-23-5-1-4-22-21(23)6-8-29(25(22)31)16-20-3-2-7-27-20/h1,4-6,8,17-20,27H,2-3,7,9-16H2,(H,28,30)/t17?,18?,19?,20-,26?/m0/s1. The van der Waals surface area contributed by atoms with Crippen molar-refractivity contribution in [3.8, 4) is 0 Å². The van der Waals surface area contributed by atoms with E-state index in [1.54, 1.807) is 0 Å². The largest absolute Gasteiger partial charge is 0.325 e. The third-order valence-electron chi connectivity index (χ3n) is 8.57. The maximum absolute atomic E-state index is 13.1. The monoisotopic (exact) mass is 419 g/mol. The summed E-state index contributed by atoms with van der Waals surface area (Å²) in [7, 11) is 0. The Hall–Kier alpha value is -2.14. The summed E-state index contributed by atoms with van der Waals surface area (Å²) < 4.78 is 1.81. The van der Waals surface area contributed by atoms with Crippen molar-refractivity contribution in [2.45, 2.75) is 70.4 Å². The van der Waals surface area contributed by atoms with Gasteiger partial charge in [0.15, 0.2) is 0 Å². The molecule has 31 heavy (non-hydrogen) atoms. The van der Waals surface area contributed by atoms with Gasteiger partial charge < -0.3 is 15.2 Å². The molecule has 0 spiro atoms. The minimum atomic E-state index is 0.0309. The van der Waals surface area contributed by atoms with E-state index in [1.807, 2.05) is 35.0 Å². The van der Waals surface area contributed by atoms with Crippen LogP contribution in [0, 0.1) is 23.2 Å². The van der Waals surface area contributed by atoms with Crippen LogP contribution in [0.25, 0.3) is 10.8 Å². The third-order valence-corrected chi connectivity index (χ3v) is 8.57. The van der Waals surface area contributed by atoms with Crippen molar-refractivity contribution in [1.82, 2.24) is 9.88 Å². The molecule has 4 bridgehead atoms. The zero-order valence-corrected chi connectivity index (χ0v) is 18.2. The second kappa shape index (κ2) is 7.47. The number of rotatable bonds is 5. The van der Waals surface area contributed by atoms with Gasteiger partial charge in [0, 0.05) is 41.7 Å². The van der Waals surface area contributed by atoms with E-state index in [1.165, 1.54) is 44.9 Å². The molecule has 5 heteroatoms. The number of carbonyl (C=O) groups is 1. The first-order chi connectivity index (χ1) is 15.1. The van der Waals surface area contributed by atoms with E-state index in [0.717, 1.165) is 41.8 Å². The Morgan fingerprint density at radius 3 is 2.48 bits per heavy atom. The van der Waals surface area contributed by atoms with Gasteiger partial charge in [0.05, 0.1) is 0 Å². The van der Waals surface area contributed by atoms with E-state index in [0.29, 0.717) is 24.4 Å². The number of nitrogens with zero attached hydrogens (tertiary/aromatic N) is 1. The summed E-state index contributed by atoms with van der Waals surface area (Å²) in [6.07, 6.45) is 12.7. The summed E-state index contributed by atoms with van der Waals surface area (Å²) in [6.45, 7) is 1.74. The number of nitrogens with one attached hydrogen (secondary N) is 2. The lowest BCUT2D eigenvalue weighted by Gasteiger charge is -2.56. The number of anilines is 1. The van der Waals surface area contributed by atoms with Crippen molar-refractivity contribution in [3.05, 3.63) is 40.8 Å². The molecular formula is C26H33N3O2. The molecular weight excluding hydrogens is 386 g/mol. The van der Waals surface area contributed by atoms with Crippen LogP contribution in [-0.4, -0.2) is 23.1 Å². The fourth-order valence-electron chi connectivity index (χ4n) is 7.76. The summed E-state index contributed by atoms with van der Waals surface area (Å²) in [5, 5.41) is 8.18. The van der Waals surface area contributed by atoms with Gasteiger partial charge in [0.1, 0.15) is 0 Å². The molecule has 5 nitrogen and oxygen atoms in total. The van der Waals surface area contributed by atoms with Crippen LogP contribution in [0.4, 0.5) is 5.69 Å². The van der Waals surface area contributed by atoms with Crippen LogP contribution in [-0.2, 0) is 11.3 Å². The van der Waals surface area contributed by atoms with Crippen molar-refractivity contribution in [2.24, 2.45) is 23.2 Å². The lowest BCUT2D eigenvalue weighted by Crippen LogP contribution is -2.47. The van der Waals surface area contributed by atoms with E-state index in [2.05, 4.69) is 10.6 Å². The van der Waals surface area contributed by atoms with Gasteiger partial charge in [0.25, 0.3) is 5.56 Å². The van der Waals surface area contributed by atoms with Crippen molar-refractivity contribution >= 4 is 22.4 Å². The molecule has 5 fully saturated rings. The van der Waals surface area contributed by atoms with Crippen molar-refractivity contribution in [2.75, 3.05) is 11.9 Å². The van der Waals surface area contributed by atoms with Crippen molar-refractivity contribution in [1.29, 1.82) is 0 Å². The smallest absolute Gasteiger partial charge is 0.258 e. The van der Waals surface area contributed by atoms with Gasteiger partial charge in [-0.15, -0.1) is 0 Å². The first-order valence-corrected chi connectivity index (χ1v) is 12.2. The van der Waals surface area contributed by atoms with Gasteiger partial charge in [-0.2, -0.15) is 0 Å². The van der Waals surface area contributed by atoms with E-state index < -0.39 is 0 Å². The van der Waals surface area contributed by atoms with Crippen LogP contribution in [0.15, 0.2) is 35.3 Å². The molecule has 2 N–H and O–H groups in total. The molecule has 1 aromatic heterocycles. The second-order valence-corrected chi connectivity index (χ2v) is 11.0. The highest BCUT2D eigenvalue weighted by Gasteiger charge is 2.51. The maximum Gasteiger partial charge on any atom is 0.258 e. The van der Waals surface area contributed by atoms with E-state index in [9.17, 15) is 9.59 Å². The Morgan fingerprint density at radius 2 is 1.81 bits per heavy atom. The van der Waals surface area contributed by atoms with Gasteiger partial charge in [-0.1, -0.05) is 6.07 Å². The number of fused-ring (bicyclic) bond motifs is 1. The summed E-state index contributed by atoms with van der Waals surface area (Å²) in [4.78, 5) is 26.2. The molecule has 0 unspecified atom stereocenters. The van der Waals surface area contributed by atoms with E-state index >= 15 is 0 Å². The van der Waals surface area contributed by atoms with Crippen LogP contribution in [0.2, 0.25) is 0 Å². The van der Waals surface area contributed by atoms with E-state index in [-0.39, 0.29) is 16.9 Å². The SMILES string of the molecule is O=C(CC12CC3CC(CC(C3)C1)C2)Nc1cccc2c(=O)n(C[C@@H]3CCCN3)ccc12. The highest BCUT2D eigenvalue weighted by atomic mass is 16.1. The van der Waals surface area contributed by atoms with Gasteiger partial charge in [-0.3, -0.25) is 9.59 Å². The normalized spacial score (nSPS) is 33.8. The molecule has 2 heterocycles. The summed E-state index contributed by atoms with van der Waals surface area (Å²) in [6, 6.07) is 8.07. The molecule has 4 saturated carbocycles. The third kappa shape index (κ3) is 3.61. The van der Waals surface area contributed by atoms with Gasteiger partial charge in [-0.25, -0.2) is 0 Å². The van der Waals surface area contributed by atoms with Crippen LogP contribution in [0.3, 0.4) is 0 Å². The summed E-state index contributed by atoms with van der Waals surface area (Å²) in [5.41, 5.74) is 1.03. The minimum Gasteiger partial charge on any atom is -0.325 e.